The molecular weight excluding hydrogens is 330 g/mol. The molecule has 0 spiro atoms. The van der Waals surface area contributed by atoms with Gasteiger partial charge in [0.25, 0.3) is 11.2 Å². The number of nitro groups is 1. The molecule has 0 aliphatic heterocycles. The molecular formula is C15H17N5O3S. The fraction of sp³-hybridized carbons (Fsp3) is 0.267. The van der Waals surface area contributed by atoms with E-state index in [4.69, 9.17) is 0 Å². The first-order valence-corrected chi connectivity index (χ1v) is 8.21. The van der Waals surface area contributed by atoms with Crippen molar-refractivity contribution in [1.29, 1.82) is 0 Å². The zero-order chi connectivity index (χ0) is 17.9. The maximum atomic E-state index is 12.0. The molecule has 2 rings (SSSR count). The highest BCUT2D eigenvalue weighted by molar-refractivity contribution is 7.98. The minimum absolute atomic E-state index is 0.000998. The fourth-order valence-electron chi connectivity index (χ4n) is 2.03. The van der Waals surface area contributed by atoms with Crippen LogP contribution < -0.4 is 10.6 Å². The standard InChI is InChI=1S/C15H17N5O3S/c1-10(11-6-5-7-12(8-11)20(22)23)17-19(3)13-9-14(21)18(2)15(16-13)24-4/h5-9H,1-4H3. The molecule has 0 amide bonds. The Kier molecular flexibility index (Phi) is 5.35. The van der Waals surface area contributed by atoms with Gasteiger partial charge in [0.15, 0.2) is 11.0 Å². The Labute approximate surface area is 143 Å². The van der Waals surface area contributed by atoms with Crippen LogP contribution in [0.4, 0.5) is 11.5 Å². The predicted octanol–water partition coefficient (Wildman–Crippen LogP) is 2.27. The molecule has 8 nitrogen and oxygen atoms in total. The van der Waals surface area contributed by atoms with Crippen molar-refractivity contribution in [3.8, 4) is 0 Å². The third-order valence-corrected chi connectivity index (χ3v) is 4.10. The third kappa shape index (κ3) is 3.80. The molecule has 126 valence electrons. The number of hydrazone groups is 1. The van der Waals surface area contributed by atoms with E-state index in [0.717, 1.165) is 0 Å². The van der Waals surface area contributed by atoms with Gasteiger partial charge in [-0.05, 0) is 13.2 Å². The van der Waals surface area contributed by atoms with Crippen LogP contribution in [-0.2, 0) is 7.05 Å². The number of benzene rings is 1. The summed E-state index contributed by atoms with van der Waals surface area (Å²) in [5.74, 6) is 0.409. The van der Waals surface area contributed by atoms with E-state index in [1.54, 1.807) is 33.2 Å². The normalized spacial score (nSPS) is 11.4. The largest absolute Gasteiger partial charge is 0.291 e. The fourth-order valence-corrected chi connectivity index (χ4v) is 2.58. The molecule has 2 aromatic rings. The van der Waals surface area contributed by atoms with E-state index in [-0.39, 0.29) is 11.2 Å². The van der Waals surface area contributed by atoms with Gasteiger partial charge in [-0.2, -0.15) is 5.10 Å². The van der Waals surface area contributed by atoms with Gasteiger partial charge in [-0.25, -0.2) is 4.98 Å². The number of hydrogen-bond donors (Lipinski definition) is 0. The smallest absolute Gasteiger partial charge is 0.270 e. The monoisotopic (exact) mass is 347 g/mol. The van der Waals surface area contributed by atoms with Crippen molar-refractivity contribution in [3.05, 3.63) is 56.4 Å². The molecule has 0 aliphatic carbocycles. The van der Waals surface area contributed by atoms with Crippen molar-refractivity contribution in [2.75, 3.05) is 18.3 Å². The lowest BCUT2D eigenvalue weighted by molar-refractivity contribution is -0.384. The summed E-state index contributed by atoms with van der Waals surface area (Å²) in [4.78, 5) is 26.8. The van der Waals surface area contributed by atoms with Gasteiger partial charge in [-0.3, -0.25) is 24.5 Å². The van der Waals surface area contributed by atoms with Gasteiger partial charge in [-0.15, -0.1) is 0 Å². The molecule has 24 heavy (non-hydrogen) atoms. The summed E-state index contributed by atoms with van der Waals surface area (Å²) in [7, 11) is 3.33. The SMILES string of the molecule is CSc1nc(N(C)N=C(C)c2cccc([N+](=O)[O-])c2)cc(=O)n1C. The lowest BCUT2D eigenvalue weighted by atomic mass is 10.1. The van der Waals surface area contributed by atoms with Crippen LogP contribution >= 0.6 is 11.8 Å². The lowest BCUT2D eigenvalue weighted by Crippen LogP contribution is -2.23. The number of anilines is 1. The van der Waals surface area contributed by atoms with Crippen molar-refractivity contribution in [3.63, 3.8) is 0 Å². The summed E-state index contributed by atoms with van der Waals surface area (Å²) in [5, 5.41) is 17.3. The van der Waals surface area contributed by atoms with Crippen LogP contribution in [0.3, 0.4) is 0 Å². The first kappa shape index (κ1) is 17.7. The molecule has 0 bridgehead atoms. The number of nitro benzene ring substituents is 1. The van der Waals surface area contributed by atoms with E-state index < -0.39 is 4.92 Å². The van der Waals surface area contributed by atoms with Crippen LogP contribution in [0.1, 0.15) is 12.5 Å². The van der Waals surface area contributed by atoms with Crippen LogP contribution in [0.5, 0.6) is 0 Å². The number of rotatable bonds is 5. The maximum Gasteiger partial charge on any atom is 0.270 e. The van der Waals surface area contributed by atoms with Crippen LogP contribution in [0.25, 0.3) is 0 Å². The predicted molar refractivity (Wildman–Crippen MR) is 95.0 cm³/mol. The van der Waals surface area contributed by atoms with Crippen LogP contribution in [0, 0.1) is 10.1 Å². The zero-order valence-electron chi connectivity index (χ0n) is 13.8. The zero-order valence-corrected chi connectivity index (χ0v) is 14.6. The van der Waals surface area contributed by atoms with E-state index in [9.17, 15) is 14.9 Å². The average Bonchev–Trinajstić information content (AvgIpc) is 2.57. The second-order valence-electron chi connectivity index (χ2n) is 5.01. The van der Waals surface area contributed by atoms with Crippen LogP contribution in [0.15, 0.2) is 45.4 Å². The van der Waals surface area contributed by atoms with Gasteiger partial charge in [-0.1, -0.05) is 23.9 Å². The topological polar surface area (TPSA) is 93.6 Å². The molecule has 0 N–H and O–H groups in total. The van der Waals surface area contributed by atoms with E-state index in [1.807, 2.05) is 6.26 Å². The second kappa shape index (κ2) is 7.26. The van der Waals surface area contributed by atoms with E-state index >= 15 is 0 Å². The van der Waals surface area contributed by atoms with Gasteiger partial charge in [0.05, 0.1) is 10.6 Å². The number of aromatic nitrogens is 2. The molecule has 0 aliphatic rings. The van der Waals surface area contributed by atoms with Crippen LogP contribution in [0.2, 0.25) is 0 Å². The molecule has 0 atom stereocenters. The average molecular weight is 347 g/mol. The van der Waals surface area contributed by atoms with Crippen molar-refractivity contribution >= 4 is 29.0 Å². The first-order valence-electron chi connectivity index (χ1n) is 6.99. The van der Waals surface area contributed by atoms with Gasteiger partial charge in [0.2, 0.25) is 0 Å². The lowest BCUT2D eigenvalue weighted by Gasteiger charge is -2.15. The Balaban J connectivity index is 2.37. The summed E-state index contributed by atoms with van der Waals surface area (Å²) in [5.41, 5.74) is 1.03. The molecule has 9 heteroatoms. The number of nitrogens with zero attached hydrogens (tertiary/aromatic N) is 5. The van der Waals surface area contributed by atoms with Gasteiger partial charge in [0.1, 0.15) is 0 Å². The highest BCUT2D eigenvalue weighted by Gasteiger charge is 2.11. The quantitative estimate of drug-likeness (QED) is 0.271. The molecule has 0 fully saturated rings. The molecule has 0 radical (unpaired) electrons. The summed E-state index contributed by atoms with van der Waals surface area (Å²) in [6.07, 6.45) is 1.84. The summed E-state index contributed by atoms with van der Waals surface area (Å²) >= 11 is 1.36. The second-order valence-corrected chi connectivity index (χ2v) is 5.79. The highest BCUT2D eigenvalue weighted by Crippen LogP contribution is 2.17. The Morgan fingerprint density at radius 1 is 1.42 bits per heavy atom. The molecule has 1 aromatic heterocycles. The summed E-state index contributed by atoms with van der Waals surface area (Å²) in [6, 6.07) is 7.62. The number of hydrogen-bond acceptors (Lipinski definition) is 7. The number of non-ortho nitro benzene ring substituents is 1. The van der Waals surface area contributed by atoms with Crippen LogP contribution in [-0.4, -0.2) is 33.5 Å². The Morgan fingerprint density at radius 3 is 2.75 bits per heavy atom. The molecule has 0 saturated carbocycles. The minimum Gasteiger partial charge on any atom is -0.291 e. The summed E-state index contributed by atoms with van der Waals surface area (Å²) < 4.78 is 1.46. The Morgan fingerprint density at radius 2 is 2.12 bits per heavy atom. The Hall–Kier alpha value is -2.68. The van der Waals surface area contributed by atoms with Crippen molar-refractivity contribution < 1.29 is 4.92 Å². The Bertz CT molecular complexity index is 862. The van der Waals surface area contributed by atoms with Crippen molar-refractivity contribution in [1.82, 2.24) is 9.55 Å². The molecule has 0 saturated heterocycles. The summed E-state index contributed by atoms with van der Waals surface area (Å²) in [6.45, 7) is 1.74. The van der Waals surface area contributed by atoms with Gasteiger partial charge >= 0.3 is 0 Å². The van der Waals surface area contributed by atoms with E-state index in [0.29, 0.717) is 22.2 Å². The first-order chi connectivity index (χ1) is 11.3. The van der Waals surface area contributed by atoms with Crippen molar-refractivity contribution in [2.24, 2.45) is 12.1 Å². The minimum atomic E-state index is -0.451. The van der Waals surface area contributed by atoms with E-state index in [2.05, 4.69) is 10.1 Å². The van der Waals surface area contributed by atoms with Gasteiger partial charge in [0, 0.05) is 37.9 Å². The highest BCUT2D eigenvalue weighted by atomic mass is 32.2. The maximum absolute atomic E-state index is 12.0. The molecule has 0 unspecified atom stereocenters. The van der Waals surface area contributed by atoms with Crippen molar-refractivity contribution in [2.45, 2.75) is 12.1 Å². The van der Waals surface area contributed by atoms with Gasteiger partial charge < -0.3 is 0 Å². The number of thioether (sulfide) groups is 1. The molecule has 1 heterocycles. The third-order valence-electron chi connectivity index (χ3n) is 3.37. The van der Waals surface area contributed by atoms with E-state index in [1.165, 1.54) is 39.5 Å². The molecule has 1 aromatic carbocycles.